The van der Waals surface area contributed by atoms with E-state index in [1.54, 1.807) is 0 Å². The van der Waals surface area contributed by atoms with Crippen LogP contribution >= 0.6 is 0 Å². The number of pyridine rings is 2. The molecule has 4 nitrogen and oxygen atoms in total. The van der Waals surface area contributed by atoms with Crippen molar-refractivity contribution in [3.05, 3.63) is 59.7 Å². The van der Waals surface area contributed by atoms with E-state index < -0.39 is 0 Å². The van der Waals surface area contributed by atoms with E-state index in [0.29, 0.717) is 6.04 Å². The minimum atomic E-state index is 0.409. The summed E-state index contributed by atoms with van der Waals surface area (Å²) in [5.74, 6) is 0. The summed E-state index contributed by atoms with van der Waals surface area (Å²) in [5, 5.41) is 3.49. The third-order valence-corrected chi connectivity index (χ3v) is 3.93. The lowest BCUT2D eigenvalue weighted by Crippen LogP contribution is -2.45. The second-order valence-electron chi connectivity index (χ2n) is 5.22. The van der Waals surface area contributed by atoms with E-state index in [1.807, 2.05) is 24.7 Å². The molecule has 1 atom stereocenters. The molecular weight excluding hydrogens is 248 g/mol. The molecule has 1 fully saturated rings. The van der Waals surface area contributed by atoms with E-state index in [0.717, 1.165) is 31.9 Å². The van der Waals surface area contributed by atoms with E-state index in [9.17, 15) is 0 Å². The van der Waals surface area contributed by atoms with E-state index in [-0.39, 0.29) is 0 Å². The normalized spacial score (nSPS) is 19.9. The maximum Gasteiger partial charge on any atom is 0.0477 e. The smallest absolute Gasteiger partial charge is 0.0477 e. The molecule has 0 aromatic carbocycles. The second kappa shape index (κ2) is 6.11. The zero-order valence-electron chi connectivity index (χ0n) is 11.8. The first-order chi connectivity index (χ1) is 9.84. The first kappa shape index (κ1) is 13.2. The van der Waals surface area contributed by atoms with Gasteiger partial charge in [0.25, 0.3) is 0 Å². The molecule has 1 N–H and O–H groups in total. The van der Waals surface area contributed by atoms with Crippen molar-refractivity contribution in [2.75, 3.05) is 19.6 Å². The average Bonchev–Trinajstić information content (AvgIpc) is 2.51. The summed E-state index contributed by atoms with van der Waals surface area (Å²) >= 11 is 0. The van der Waals surface area contributed by atoms with Crippen molar-refractivity contribution in [3.63, 3.8) is 0 Å². The Labute approximate surface area is 119 Å². The standard InChI is InChI=1S/C16H20N4/c1-13-15(3-2-6-19-13)12-20-10-9-18-11-16(20)14-4-7-17-8-5-14/h2-8,16,18H,9-12H2,1H3. The molecule has 2 aromatic heterocycles. The molecule has 3 heterocycles. The fourth-order valence-electron chi connectivity index (χ4n) is 2.75. The monoisotopic (exact) mass is 268 g/mol. The van der Waals surface area contributed by atoms with Crippen molar-refractivity contribution >= 4 is 0 Å². The lowest BCUT2D eigenvalue weighted by atomic mass is 10.0. The average molecular weight is 268 g/mol. The third-order valence-electron chi connectivity index (χ3n) is 3.93. The van der Waals surface area contributed by atoms with Crippen LogP contribution in [0.4, 0.5) is 0 Å². The van der Waals surface area contributed by atoms with Gasteiger partial charge in [0.1, 0.15) is 0 Å². The largest absolute Gasteiger partial charge is 0.314 e. The fraction of sp³-hybridized carbons (Fsp3) is 0.375. The van der Waals surface area contributed by atoms with Crippen molar-refractivity contribution in [1.29, 1.82) is 0 Å². The maximum atomic E-state index is 4.39. The molecule has 0 bridgehead atoms. The first-order valence-electron chi connectivity index (χ1n) is 7.10. The Bertz CT molecular complexity index is 555. The van der Waals surface area contributed by atoms with Crippen LogP contribution in [0.2, 0.25) is 0 Å². The number of aryl methyl sites for hydroxylation is 1. The Morgan fingerprint density at radius 2 is 2.10 bits per heavy atom. The van der Waals surface area contributed by atoms with Crippen molar-refractivity contribution in [1.82, 2.24) is 20.2 Å². The summed E-state index contributed by atoms with van der Waals surface area (Å²) in [6.45, 7) is 6.12. The van der Waals surface area contributed by atoms with Crippen LogP contribution in [-0.2, 0) is 6.54 Å². The molecule has 0 spiro atoms. The Hall–Kier alpha value is -1.78. The van der Waals surface area contributed by atoms with Crippen LogP contribution in [0.15, 0.2) is 42.9 Å². The van der Waals surface area contributed by atoms with Crippen LogP contribution in [0.5, 0.6) is 0 Å². The molecular formula is C16H20N4. The van der Waals surface area contributed by atoms with Crippen molar-refractivity contribution in [2.24, 2.45) is 0 Å². The number of nitrogens with zero attached hydrogens (tertiary/aromatic N) is 3. The molecule has 0 aliphatic carbocycles. The van der Waals surface area contributed by atoms with Crippen molar-refractivity contribution < 1.29 is 0 Å². The molecule has 2 aromatic rings. The number of hydrogen-bond donors (Lipinski definition) is 1. The Morgan fingerprint density at radius 3 is 2.90 bits per heavy atom. The topological polar surface area (TPSA) is 41.1 Å². The van der Waals surface area contributed by atoms with Crippen LogP contribution in [0, 0.1) is 6.92 Å². The van der Waals surface area contributed by atoms with Gasteiger partial charge >= 0.3 is 0 Å². The van der Waals surface area contributed by atoms with Gasteiger partial charge in [-0.3, -0.25) is 14.9 Å². The molecule has 104 valence electrons. The minimum Gasteiger partial charge on any atom is -0.314 e. The van der Waals surface area contributed by atoms with Gasteiger partial charge in [-0.2, -0.15) is 0 Å². The second-order valence-corrected chi connectivity index (χ2v) is 5.22. The van der Waals surface area contributed by atoms with Crippen LogP contribution in [0.1, 0.15) is 22.9 Å². The van der Waals surface area contributed by atoms with Crippen LogP contribution in [0.25, 0.3) is 0 Å². The molecule has 1 aliphatic rings. The fourth-order valence-corrected chi connectivity index (χ4v) is 2.75. The van der Waals surface area contributed by atoms with Gasteiger partial charge in [0.05, 0.1) is 0 Å². The highest BCUT2D eigenvalue weighted by Crippen LogP contribution is 2.24. The minimum absolute atomic E-state index is 0.409. The highest BCUT2D eigenvalue weighted by molar-refractivity contribution is 5.21. The molecule has 0 radical (unpaired) electrons. The van der Waals surface area contributed by atoms with Gasteiger partial charge in [-0.1, -0.05) is 6.07 Å². The predicted molar refractivity (Wildman–Crippen MR) is 79.2 cm³/mol. The summed E-state index contributed by atoms with van der Waals surface area (Å²) < 4.78 is 0. The quantitative estimate of drug-likeness (QED) is 0.923. The molecule has 4 heteroatoms. The Morgan fingerprint density at radius 1 is 1.25 bits per heavy atom. The van der Waals surface area contributed by atoms with E-state index in [4.69, 9.17) is 0 Å². The van der Waals surface area contributed by atoms with Crippen LogP contribution in [0.3, 0.4) is 0 Å². The zero-order chi connectivity index (χ0) is 13.8. The predicted octanol–water partition coefficient (Wildman–Crippen LogP) is 1.93. The van der Waals surface area contributed by atoms with Gasteiger partial charge in [0.2, 0.25) is 0 Å². The van der Waals surface area contributed by atoms with Gasteiger partial charge in [-0.05, 0) is 36.2 Å². The lowest BCUT2D eigenvalue weighted by Gasteiger charge is -2.36. The van der Waals surface area contributed by atoms with Crippen molar-refractivity contribution in [3.8, 4) is 0 Å². The van der Waals surface area contributed by atoms with E-state index >= 15 is 0 Å². The summed E-state index contributed by atoms with van der Waals surface area (Å²) in [5.41, 5.74) is 3.77. The lowest BCUT2D eigenvalue weighted by molar-refractivity contribution is 0.153. The highest BCUT2D eigenvalue weighted by atomic mass is 15.2. The third kappa shape index (κ3) is 2.86. The van der Waals surface area contributed by atoms with Crippen LogP contribution < -0.4 is 5.32 Å². The summed E-state index contributed by atoms with van der Waals surface area (Å²) in [4.78, 5) is 11.0. The van der Waals surface area contributed by atoms with Crippen LogP contribution in [-0.4, -0.2) is 34.5 Å². The van der Waals surface area contributed by atoms with Crippen molar-refractivity contribution in [2.45, 2.75) is 19.5 Å². The Kier molecular flexibility index (Phi) is 4.04. The maximum absolute atomic E-state index is 4.39. The number of hydrogen-bond acceptors (Lipinski definition) is 4. The molecule has 0 amide bonds. The highest BCUT2D eigenvalue weighted by Gasteiger charge is 2.24. The SMILES string of the molecule is Cc1ncccc1CN1CCNCC1c1ccncc1. The van der Waals surface area contributed by atoms with Gasteiger partial charge in [0, 0.05) is 56.5 Å². The molecule has 0 saturated carbocycles. The van der Waals surface area contributed by atoms with Gasteiger partial charge in [-0.25, -0.2) is 0 Å². The summed E-state index contributed by atoms with van der Waals surface area (Å²) in [6, 6.07) is 8.83. The number of aromatic nitrogens is 2. The number of nitrogens with one attached hydrogen (secondary N) is 1. The first-order valence-corrected chi connectivity index (χ1v) is 7.10. The molecule has 20 heavy (non-hydrogen) atoms. The van der Waals surface area contributed by atoms with E-state index in [2.05, 4.69) is 45.3 Å². The number of piperazine rings is 1. The summed E-state index contributed by atoms with van der Waals surface area (Å²) in [6.07, 6.45) is 5.60. The van der Waals surface area contributed by atoms with Gasteiger partial charge in [0.15, 0.2) is 0 Å². The van der Waals surface area contributed by atoms with Gasteiger partial charge < -0.3 is 5.32 Å². The van der Waals surface area contributed by atoms with E-state index in [1.165, 1.54) is 11.1 Å². The molecule has 1 aliphatic heterocycles. The van der Waals surface area contributed by atoms with Gasteiger partial charge in [-0.15, -0.1) is 0 Å². The molecule has 3 rings (SSSR count). The Balaban J connectivity index is 1.81. The zero-order valence-corrected chi connectivity index (χ0v) is 11.8. The molecule has 1 unspecified atom stereocenters. The molecule has 1 saturated heterocycles. The number of rotatable bonds is 3. The summed E-state index contributed by atoms with van der Waals surface area (Å²) in [7, 11) is 0.